The topological polar surface area (TPSA) is 71.1 Å². The number of aryl methyl sites for hydroxylation is 1. The molecule has 1 saturated heterocycles. The van der Waals surface area contributed by atoms with Crippen LogP contribution in [0.3, 0.4) is 0 Å². The molecule has 0 unspecified atom stereocenters. The summed E-state index contributed by atoms with van der Waals surface area (Å²) in [6.07, 6.45) is 4.90. The van der Waals surface area contributed by atoms with E-state index in [0.29, 0.717) is 6.54 Å². The van der Waals surface area contributed by atoms with Crippen molar-refractivity contribution in [1.29, 1.82) is 0 Å². The van der Waals surface area contributed by atoms with Crippen LogP contribution in [-0.4, -0.2) is 32.5 Å². The molecule has 1 fully saturated rings. The first-order chi connectivity index (χ1) is 8.58. The second kappa shape index (κ2) is 5.77. The van der Waals surface area contributed by atoms with Gasteiger partial charge in [0.2, 0.25) is 0 Å². The number of sulfonamides is 1. The number of hydrogen-bond acceptors (Lipinski definition) is 4. The van der Waals surface area contributed by atoms with Crippen molar-refractivity contribution in [3.05, 3.63) is 23.9 Å². The number of aromatic nitrogens is 1. The van der Waals surface area contributed by atoms with E-state index in [-0.39, 0.29) is 11.1 Å². The van der Waals surface area contributed by atoms with Crippen LogP contribution in [0.15, 0.2) is 23.4 Å². The van der Waals surface area contributed by atoms with Crippen molar-refractivity contribution in [2.24, 2.45) is 0 Å². The highest BCUT2D eigenvalue weighted by Crippen LogP contribution is 2.09. The van der Waals surface area contributed by atoms with Gasteiger partial charge in [-0.3, -0.25) is 0 Å². The van der Waals surface area contributed by atoms with Crippen LogP contribution in [0.4, 0.5) is 0 Å². The molecule has 100 valence electrons. The van der Waals surface area contributed by atoms with Gasteiger partial charge >= 0.3 is 0 Å². The summed E-state index contributed by atoms with van der Waals surface area (Å²) in [6, 6.07) is 3.52. The highest BCUT2D eigenvalue weighted by atomic mass is 32.2. The Labute approximate surface area is 108 Å². The third-order valence-electron chi connectivity index (χ3n) is 3.09. The normalized spacial score (nSPS) is 20.8. The predicted molar refractivity (Wildman–Crippen MR) is 69.8 cm³/mol. The zero-order valence-corrected chi connectivity index (χ0v) is 11.3. The van der Waals surface area contributed by atoms with E-state index in [0.717, 1.165) is 24.9 Å². The van der Waals surface area contributed by atoms with Gasteiger partial charge in [0, 0.05) is 18.8 Å². The molecule has 0 spiro atoms. The van der Waals surface area contributed by atoms with Crippen molar-refractivity contribution in [2.75, 3.05) is 13.1 Å². The molecule has 0 bridgehead atoms. The lowest BCUT2D eigenvalue weighted by atomic mass is 10.1. The molecule has 0 aliphatic carbocycles. The number of nitrogens with zero attached hydrogens (tertiary/aromatic N) is 1. The fraction of sp³-hybridized carbons (Fsp3) is 0.583. The standard InChI is InChI=1S/C12H19N3O2S/c1-10-5-6-12(14-8-10)18(16,17)15-9-11-4-2-3-7-13-11/h5-6,8,11,13,15H,2-4,7,9H2,1H3/t11-/m0/s1. The maximum absolute atomic E-state index is 12.0. The van der Waals surface area contributed by atoms with Gasteiger partial charge in [-0.25, -0.2) is 18.1 Å². The van der Waals surface area contributed by atoms with Crippen molar-refractivity contribution < 1.29 is 8.42 Å². The Bertz CT molecular complexity index is 479. The molecule has 1 aromatic rings. The fourth-order valence-corrected chi connectivity index (χ4v) is 3.00. The smallest absolute Gasteiger partial charge is 0.258 e. The quantitative estimate of drug-likeness (QED) is 0.848. The number of pyridine rings is 1. The fourth-order valence-electron chi connectivity index (χ4n) is 2.00. The van der Waals surface area contributed by atoms with E-state index < -0.39 is 10.0 Å². The van der Waals surface area contributed by atoms with Gasteiger partial charge in [-0.05, 0) is 37.9 Å². The molecule has 1 aromatic heterocycles. The van der Waals surface area contributed by atoms with Crippen LogP contribution >= 0.6 is 0 Å². The number of piperidine rings is 1. The molecule has 0 radical (unpaired) electrons. The van der Waals surface area contributed by atoms with Crippen molar-refractivity contribution in [1.82, 2.24) is 15.0 Å². The highest BCUT2D eigenvalue weighted by Gasteiger charge is 2.19. The minimum Gasteiger partial charge on any atom is -0.313 e. The van der Waals surface area contributed by atoms with Gasteiger partial charge in [0.1, 0.15) is 0 Å². The minimum absolute atomic E-state index is 0.0870. The average molecular weight is 269 g/mol. The third kappa shape index (κ3) is 3.51. The summed E-state index contributed by atoms with van der Waals surface area (Å²) in [5.74, 6) is 0. The minimum atomic E-state index is -3.48. The molecule has 6 heteroatoms. The summed E-state index contributed by atoms with van der Waals surface area (Å²) in [6.45, 7) is 3.27. The summed E-state index contributed by atoms with van der Waals surface area (Å²) >= 11 is 0. The Balaban J connectivity index is 1.96. The summed E-state index contributed by atoms with van der Waals surface area (Å²) in [4.78, 5) is 3.94. The summed E-state index contributed by atoms with van der Waals surface area (Å²) in [7, 11) is -3.48. The molecule has 0 aromatic carbocycles. The molecule has 1 aliphatic heterocycles. The Morgan fingerprint density at radius 3 is 2.89 bits per heavy atom. The largest absolute Gasteiger partial charge is 0.313 e. The van der Waals surface area contributed by atoms with Crippen LogP contribution in [0.2, 0.25) is 0 Å². The van der Waals surface area contributed by atoms with Crippen LogP contribution in [0, 0.1) is 6.92 Å². The monoisotopic (exact) mass is 269 g/mol. The maximum atomic E-state index is 12.0. The highest BCUT2D eigenvalue weighted by molar-refractivity contribution is 7.89. The molecule has 2 N–H and O–H groups in total. The van der Waals surface area contributed by atoms with Crippen LogP contribution in [0.25, 0.3) is 0 Å². The molecule has 0 amide bonds. The summed E-state index contributed by atoms with van der Waals surface area (Å²) in [5, 5.41) is 3.39. The molecule has 1 atom stereocenters. The van der Waals surface area contributed by atoms with Gasteiger partial charge in [0.25, 0.3) is 10.0 Å². The van der Waals surface area contributed by atoms with E-state index in [1.54, 1.807) is 12.3 Å². The first-order valence-electron chi connectivity index (χ1n) is 6.24. The maximum Gasteiger partial charge on any atom is 0.258 e. The molecular weight excluding hydrogens is 250 g/mol. The van der Waals surface area contributed by atoms with E-state index in [9.17, 15) is 8.42 Å². The lowest BCUT2D eigenvalue weighted by molar-refractivity contribution is 0.398. The first kappa shape index (κ1) is 13.5. The van der Waals surface area contributed by atoms with Gasteiger partial charge in [-0.15, -0.1) is 0 Å². The zero-order chi connectivity index (χ0) is 13.0. The van der Waals surface area contributed by atoms with Gasteiger partial charge < -0.3 is 5.32 Å². The van der Waals surface area contributed by atoms with Gasteiger partial charge in [0.15, 0.2) is 5.03 Å². The first-order valence-corrected chi connectivity index (χ1v) is 7.72. The van der Waals surface area contributed by atoms with Gasteiger partial charge in [0.05, 0.1) is 0 Å². The third-order valence-corrected chi connectivity index (χ3v) is 4.43. The summed E-state index contributed by atoms with van der Waals surface area (Å²) < 4.78 is 26.6. The predicted octanol–water partition coefficient (Wildman–Crippen LogP) is 0.810. The van der Waals surface area contributed by atoms with E-state index >= 15 is 0 Å². The lowest BCUT2D eigenvalue weighted by Crippen LogP contribution is -2.43. The van der Waals surface area contributed by atoms with Gasteiger partial charge in [-0.2, -0.15) is 0 Å². The lowest BCUT2D eigenvalue weighted by Gasteiger charge is -2.23. The number of nitrogens with one attached hydrogen (secondary N) is 2. The van der Waals surface area contributed by atoms with E-state index in [2.05, 4.69) is 15.0 Å². The molecule has 18 heavy (non-hydrogen) atoms. The summed E-state index contributed by atoms with van der Waals surface area (Å²) in [5.41, 5.74) is 0.947. The van der Waals surface area contributed by atoms with E-state index in [1.165, 1.54) is 12.5 Å². The Morgan fingerprint density at radius 2 is 2.28 bits per heavy atom. The molecule has 1 aliphatic rings. The van der Waals surface area contributed by atoms with Crippen molar-refractivity contribution >= 4 is 10.0 Å². The van der Waals surface area contributed by atoms with Crippen LogP contribution in [0.5, 0.6) is 0 Å². The van der Waals surface area contributed by atoms with Crippen molar-refractivity contribution in [2.45, 2.75) is 37.3 Å². The second-order valence-electron chi connectivity index (χ2n) is 4.67. The van der Waals surface area contributed by atoms with Gasteiger partial charge in [-0.1, -0.05) is 12.5 Å². The second-order valence-corrected chi connectivity index (χ2v) is 6.39. The van der Waals surface area contributed by atoms with E-state index in [4.69, 9.17) is 0 Å². The molecule has 2 rings (SSSR count). The molecule has 0 saturated carbocycles. The van der Waals surface area contributed by atoms with Crippen LogP contribution in [-0.2, 0) is 10.0 Å². The van der Waals surface area contributed by atoms with Crippen LogP contribution < -0.4 is 10.0 Å². The Morgan fingerprint density at radius 1 is 1.44 bits per heavy atom. The zero-order valence-electron chi connectivity index (χ0n) is 10.5. The Kier molecular flexibility index (Phi) is 4.31. The molecular formula is C12H19N3O2S. The van der Waals surface area contributed by atoms with Crippen molar-refractivity contribution in [3.8, 4) is 0 Å². The van der Waals surface area contributed by atoms with Crippen LogP contribution in [0.1, 0.15) is 24.8 Å². The Hall–Kier alpha value is -0.980. The number of rotatable bonds is 4. The molecule has 5 nitrogen and oxygen atoms in total. The average Bonchev–Trinajstić information content (AvgIpc) is 2.38. The SMILES string of the molecule is Cc1ccc(S(=O)(=O)NC[C@@H]2CCCCN2)nc1. The van der Waals surface area contributed by atoms with E-state index in [1.807, 2.05) is 6.92 Å². The number of hydrogen-bond donors (Lipinski definition) is 2. The van der Waals surface area contributed by atoms with Crippen molar-refractivity contribution in [3.63, 3.8) is 0 Å². The molecule has 2 heterocycles.